The number of methoxy groups -OCH3 is 1. The molecule has 0 bridgehead atoms. The van der Waals surface area contributed by atoms with Crippen molar-refractivity contribution >= 4 is 27.2 Å². The molecule has 0 aromatic heterocycles. The van der Waals surface area contributed by atoms with E-state index < -0.39 is 10.0 Å². The van der Waals surface area contributed by atoms with E-state index in [-0.39, 0.29) is 22.0 Å². The minimum absolute atomic E-state index is 0.0559. The first kappa shape index (κ1) is 15.4. The molecule has 20 heavy (non-hydrogen) atoms. The number of rotatable bonds is 5. The third-order valence-corrected chi connectivity index (χ3v) is 5.42. The molecule has 1 fully saturated rings. The van der Waals surface area contributed by atoms with Gasteiger partial charge in [0.25, 0.3) is 0 Å². The van der Waals surface area contributed by atoms with Gasteiger partial charge in [-0.1, -0.05) is 18.3 Å². The van der Waals surface area contributed by atoms with Crippen molar-refractivity contribution in [3.8, 4) is 0 Å². The van der Waals surface area contributed by atoms with Crippen molar-refractivity contribution in [2.45, 2.75) is 36.8 Å². The van der Waals surface area contributed by atoms with Crippen LogP contribution >= 0.6 is 12.2 Å². The molecule has 1 aromatic rings. The molecule has 7 heteroatoms. The lowest BCUT2D eigenvalue weighted by molar-refractivity contribution is 0.0236. The lowest BCUT2D eigenvalue weighted by Gasteiger charge is -2.34. The van der Waals surface area contributed by atoms with E-state index >= 15 is 0 Å². The summed E-state index contributed by atoms with van der Waals surface area (Å²) >= 11 is 4.88. The molecule has 0 amide bonds. The minimum Gasteiger partial charge on any atom is -0.389 e. The molecule has 1 aliphatic rings. The lowest BCUT2D eigenvalue weighted by Crippen LogP contribution is -2.47. The Morgan fingerprint density at radius 1 is 1.45 bits per heavy atom. The van der Waals surface area contributed by atoms with Crippen molar-refractivity contribution in [1.82, 2.24) is 4.72 Å². The van der Waals surface area contributed by atoms with Crippen LogP contribution in [-0.4, -0.2) is 32.7 Å². The van der Waals surface area contributed by atoms with Gasteiger partial charge in [-0.3, -0.25) is 0 Å². The molecule has 3 N–H and O–H groups in total. The van der Waals surface area contributed by atoms with Gasteiger partial charge < -0.3 is 10.5 Å². The second kappa shape index (κ2) is 5.77. The van der Waals surface area contributed by atoms with Gasteiger partial charge in [0.15, 0.2) is 0 Å². The summed E-state index contributed by atoms with van der Waals surface area (Å²) in [5, 5.41) is 0. The Balaban J connectivity index is 2.16. The molecule has 1 aromatic carbocycles. The zero-order chi connectivity index (χ0) is 14.9. The summed E-state index contributed by atoms with van der Waals surface area (Å²) in [6.07, 6.45) is 1.57. The van der Waals surface area contributed by atoms with E-state index in [1.54, 1.807) is 32.2 Å². The van der Waals surface area contributed by atoms with E-state index in [1.165, 1.54) is 0 Å². The van der Waals surface area contributed by atoms with Crippen molar-refractivity contribution in [2.24, 2.45) is 5.73 Å². The summed E-state index contributed by atoms with van der Waals surface area (Å²) in [5.41, 5.74) is 6.83. The summed E-state index contributed by atoms with van der Waals surface area (Å²) in [5.74, 6) is 0. The van der Waals surface area contributed by atoms with Gasteiger partial charge in [-0.05, 0) is 37.5 Å². The largest absolute Gasteiger partial charge is 0.389 e. The molecule has 5 nitrogen and oxygen atoms in total. The number of thiocarbonyl (C=S) groups is 1. The van der Waals surface area contributed by atoms with E-state index in [0.29, 0.717) is 24.0 Å². The van der Waals surface area contributed by atoms with Crippen LogP contribution < -0.4 is 10.5 Å². The molecule has 0 unspecified atom stereocenters. The molecule has 0 radical (unpaired) electrons. The molecular formula is C13H18N2O3S2. The first-order chi connectivity index (χ1) is 9.33. The van der Waals surface area contributed by atoms with Crippen LogP contribution in [0.5, 0.6) is 0 Å². The number of nitrogens with one attached hydrogen (secondary N) is 1. The third kappa shape index (κ3) is 3.17. The van der Waals surface area contributed by atoms with E-state index in [0.717, 1.165) is 0 Å². The molecule has 2 rings (SSSR count). The van der Waals surface area contributed by atoms with Crippen LogP contribution in [0.2, 0.25) is 0 Å². The van der Waals surface area contributed by atoms with E-state index in [9.17, 15) is 8.42 Å². The standard InChI is InChI=1S/C13H18N2O3S2/c1-8-5-9(13(14)19)3-4-12(8)20(16,17)15-10-6-11(7-10)18-2/h3-5,10-11,15H,6-7H2,1-2H3,(H2,14,19). The topological polar surface area (TPSA) is 81.4 Å². The Bertz CT molecular complexity index is 623. The summed E-state index contributed by atoms with van der Waals surface area (Å²) in [6.45, 7) is 1.73. The van der Waals surface area contributed by atoms with E-state index in [1.807, 2.05) is 0 Å². The van der Waals surface area contributed by atoms with Crippen LogP contribution in [0.3, 0.4) is 0 Å². The second-order valence-corrected chi connectivity index (χ2v) is 7.11. The third-order valence-electron chi connectivity index (χ3n) is 3.50. The van der Waals surface area contributed by atoms with Crippen LogP contribution in [0.4, 0.5) is 0 Å². The maximum atomic E-state index is 12.3. The number of ether oxygens (including phenoxy) is 1. The van der Waals surface area contributed by atoms with Crippen LogP contribution in [0.15, 0.2) is 23.1 Å². The molecule has 0 heterocycles. The quantitative estimate of drug-likeness (QED) is 0.795. The molecule has 0 aliphatic heterocycles. The molecule has 0 saturated heterocycles. The Hall–Kier alpha value is -1.02. The molecule has 1 aliphatic carbocycles. The summed E-state index contributed by atoms with van der Waals surface area (Å²) in [7, 11) is -1.88. The number of nitrogens with two attached hydrogens (primary N) is 1. The van der Waals surface area contributed by atoms with Crippen LogP contribution in [-0.2, 0) is 14.8 Å². The molecule has 0 spiro atoms. The molecule has 110 valence electrons. The number of hydrogen-bond acceptors (Lipinski definition) is 4. The number of hydrogen-bond donors (Lipinski definition) is 2. The highest BCUT2D eigenvalue weighted by atomic mass is 32.2. The molecular weight excluding hydrogens is 296 g/mol. The van der Waals surface area contributed by atoms with Gasteiger partial charge in [-0.2, -0.15) is 0 Å². The molecule has 1 saturated carbocycles. The van der Waals surface area contributed by atoms with Gasteiger partial charge in [-0.15, -0.1) is 0 Å². The van der Waals surface area contributed by atoms with Gasteiger partial charge in [0, 0.05) is 18.7 Å². The predicted molar refractivity (Wildman–Crippen MR) is 81.2 cm³/mol. The Kier molecular flexibility index (Phi) is 4.43. The van der Waals surface area contributed by atoms with Gasteiger partial charge in [-0.25, -0.2) is 13.1 Å². The van der Waals surface area contributed by atoms with Gasteiger partial charge in [0.1, 0.15) is 4.99 Å². The lowest BCUT2D eigenvalue weighted by atomic mass is 9.90. The first-order valence-electron chi connectivity index (χ1n) is 6.29. The SMILES string of the molecule is COC1CC(NS(=O)(=O)c2ccc(C(N)=S)cc2C)C1. The maximum absolute atomic E-state index is 12.3. The average Bonchev–Trinajstić information content (AvgIpc) is 2.32. The smallest absolute Gasteiger partial charge is 0.241 e. The summed E-state index contributed by atoms with van der Waals surface area (Å²) in [6, 6.07) is 4.80. The Morgan fingerprint density at radius 2 is 2.10 bits per heavy atom. The first-order valence-corrected chi connectivity index (χ1v) is 8.18. The molecule has 0 atom stereocenters. The summed E-state index contributed by atoms with van der Waals surface area (Å²) in [4.78, 5) is 0.519. The van der Waals surface area contributed by atoms with Crippen molar-refractivity contribution < 1.29 is 13.2 Å². The Morgan fingerprint density at radius 3 is 2.60 bits per heavy atom. The fraction of sp³-hybridized carbons (Fsp3) is 0.462. The van der Waals surface area contributed by atoms with Crippen LogP contribution in [0.1, 0.15) is 24.0 Å². The monoisotopic (exact) mass is 314 g/mol. The highest BCUT2D eigenvalue weighted by Crippen LogP contribution is 2.25. The fourth-order valence-electron chi connectivity index (χ4n) is 2.24. The number of benzene rings is 1. The zero-order valence-electron chi connectivity index (χ0n) is 11.4. The van der Waals surface area contributed by atoms with Crippen molar-refractivity contribution in [2.75, 3.05) is 7.11 Å². The maximum Gasteiger partial charge on any atom is 0.241 e. The number of aryl methyl sites for hydroxylation is 1. The van der Waals surface area contributed by atoms with E-state index in [4.69, 9.17) is 22.7 Å². The van der Waals surface area contributed by atoms with Gasteiger partial charge in [0.2, 0.25) is 10.0 Å². The normalized spacial score (nSPS) is 22.3. The number of sulfonamides is 1. The van der Waals surface area contributed by atoms with Crippen LogP contribution in [0, 0.1) is 6.92 Å². The van der Waals surface area contributed by atoms with Crippen molar-refractivity contribution in [1.29, 1.82) is 0 Å². The van der Waals surface area contributed by atoms with Gasteiger partial charge >= 0.3 is 0 Å². The van der Waals surface area contributed by atoms with Crippen LogP contribution in [0.25, 0.3) is 0 Å². The predicted octanol–water partition coefficient (Wildman–Crippen LogP) is 1.08. The zero-order valence-corrected chi connectivity index (χ0v) is 13.1. The fourth-order valence-corrected chi connectivity index (χ4v) is 3.86. The average molecular weight is 314 g/mol. The van der Waals surface area contributed by atoms with Crippen molar-refractivity contribution in [3.63, 3.8) is 0 Å². The highest BCUT2D eigenvalue weighted by molar-refractivity contribution is 7.89. The van der Waals surface area contributed by atoms with Crippen molar-refractivity contribution in [3.05, 3.63) is 29.3 Å². The minimum atomic E-state index is -3.51. The second-order valence-electron chi connectivity index (χ2n) is 4.99. The summed E-state index contributed by atoms with van der Waals surface area (Å²) < 4.78 is 32.5. The van der Waals surface area contributed by atoms with Gasteiger partial charge in [0.05, 0.1) is 11.0 Å². The highest BCUT2D eigenvalue weighted by Gasteiger charge is 2.33. The Labute approximate surface area is 124 Å². The van der Waals surface area contributed by atoms with E-state index in [2.05, 4.69) is 4.72 Å².